The van der Waals surface area contributed by atoms with Gasteiger partial charge < -0.3 is 4.74 Å². The van der Waals surface area contributed by atoms with Crippen molar-refractivity contribution in [2.24, 2.45) is 0 Å². The van der Waals surface area contributed by atoms with Gasteiger partial charge in [-0.25, -0.2) is 9.69 Å². The number of hydrogen-bond acceptors (Lipinski definition) is 4. The summed E-state index contributed by atoms with van der Waals surface area (Å²) in [5.41, 5.74) is 4.96. The van der Waals surface area contributed by atoms with Crippen molar-refractivity contribution < 1.29 is 19.1 Å². The number of halogens is 1. The molecule has 178 valence electrons. The van der Waals surface area contributed by atoms with Crippen LogP contribution in [0.5, 0.6) is 5.75 Å². The van der Waals surface area contributed by atoms with Gasteiger partial charge in [-0.1, -0.05) is 59.1 Å². The van der Waals surface area contributed by atoms with Crippen molar-refractivity contribution in [1.82, 2.24) is 5.32 Å². The lowest BCUT2D eigenvalue weighted by Gasteiger charge is -2.26. The minimum absolute atomic E-state index is 0.172. The van der Waals surface area contributed by atoms with Crippen LogP contribution >= 0.6 is 11.6 Å². The maximum atomic E-state index is 13.1. The zero-order valence-electron chi connectivity index (χ0n) is 19.7. The molecule has 1 N–H and O–H groups in total. The van der Waals surface area contributed by atoms with E-state index in [0.717, 1.165) is 27.2 Å². The predicted molar refractivity (Wildman–Crippen MR) is 137 cm³/mol. The maximum Gasteiger partial charge on any atom is 0.335 e. The first-order chi connectivity index (χ1) is 16.8. The fourth-order valence-corrected chi connectivity index (χ4v) is 4.47. The van der Waals surface area contributed by atoms with Crippen LogP contribution in [-0.4, -0.2) is 24.5 Å². The summed E-state index contributed by atoms with van der Waals surface area (Å²) in [7, 11) is 0. The van der Waals surface area contributed by atoms with Gasteiger partial charge in [-0.2, -0.15) is 0 Å². The summed E-state index contributed by atoms with van der Waals surface area (Å²) < 4.78 is 5.88. The Labute approximate surface area is 209 Å². The van der Waals surface area contributed by atoms with Crippen LogP contribution in [-0.2, 0) is 16.0 Å². The lowest BCUT2D eigenvalue weighted by atomic mass is 9.98. The molecule has 3 aromatic rings. The molecule has 0 aliphatic carbocycles. The zero-order chi connectivity index (χ0) is 25.1. The molecule has 35 heavy (non-hydrogen) atoms. The second kappa shape index (κ2) is 10.2. The van der Waals surface area contributed by atoms with Crippen LogP contribution in [0.2, 0.25) is 5.02 Å². The number of barbiturate groups is 1. The van der Waals surface area contributed by atoms with Crippen LogP contribution in [0.3, 0.4) is 0 Å². The van der Waals surface area contributed by atoms with E-state index in [1.165, 1.54) is 6.08 Å². The van der Waals surface area contributed by atoms with Crippen molar-refractivity contribution in [3.05, 3.63) is 99.1 Å². The third-order valence-corrected chi connectivity index (χ3v) is 5.90. The highest BCUT2D eigenvalue weighted by atomic mass is 35.5. The van der Waals surface area contributed by atoms with Gasteiger partial charge in [-0.3, -0.25) is 14.9 Å². The van der Waals surface area contributed by atoms with E-state index in [4.69, 9.17) is 16.3 Å². The number of ether oxygens (including phenoxy) is 1. The van der Waals surface area contributed by atoms with Gasteiger partial charge in [0.15, 0.2) is 0 Å². The summed E-state index contributed by atoms with van der Waals surface area (Å²) in [6.45, 7) is 6.39. The molecule has 0 bridgehead atoms. The third-order valence-electron chi connectivity index (χ3n) is 5.57. The first-order valence-corrected chi connectivity index (χ1v) is 11.6. The summed E-state index contributed by atoms with van der Waals surface area (Å²) in [5, 5.41) is 2.69. The number of aryl methyl sites for hydroxylation is 2. The van der Waals surface area contributed by atoms with E-state index < -0.39 is 17.8 Å². The van der Waals surface area contributed by atoms with Gasteiger partial charge >= 0.3 is 6.03 Å². The van der Waals surface area contributed by atoms with Gasteiger partial charge in [0.05, 0.1) is 12.3 Å². The van der Waals surface area contributed by atoms with E-state index in [-0.39, 0.29) is 5.57 Å². The predicted octanol–water partition coefficient (Wildman–Crippen LogP) is 5.61. The largest absolute Gasteiger partial charge is 0.494 e. The smallest absolute Gasteiger partial charge is 0.335 e. The number of carbonyl (C=O) groups is 3. The van der Waals surface area contributed by atoms with E-state index in [1.807, 2.05) is 20.8 Å². The Morgan fingerprint density at radius 1 is 0.971 bits per heavy atom. The second-order valence-corrected chi connectivity index (χ2v) is 8.79. The number of hydrogen-bond donors (Lipinski definition) is 1. The molecule has 7 heteroatoms. The number of rotatable bonds is 6. The summed E-state index contributed by atoms with van der Waals surface area (Å²) in [6, 6.07) is 17.4. The van der Waals surface area contributed by atoms with Crippen molar-refractivity contribution in [2.45, 2.75) is 27.2 Å². The van der Waals surface area contributed by atoms with E-state index >= 15 is 0 Å². The Bertz CT molecular complexity index is 1330. The molecule has 0 radical (unpaired) electrons. The average molecular weight is 489 g/mol. The van der Waals surface area contributed by atoms with Crippen molar-refractivity contribution in [1.29, 1.82) is 0 Å². The topological polar surface area (TPSA) is 75.7 Å². The van der Waals surface area contributed by atoms with Crippen molar-refractivity contribution in [3.63, 3.8) is 0 Å². The van der Waals surface area contributed by atoms with Crippen LogP contribution in [0.4, 0.5) is 10.5 Å². The van der Waals surface area contributed by atoms with Gasteiger partial charge in [0.25, 0.3) is 11.8 Å². The van der Waals surface area contributed by atoms with Crippen molar-refractivity contribution >= 4 is 41.2 Å². The fourth-order valence-electron chi connectivity index (χ4n) is 4.18. The molecule has 0 unspecified atom stereocenters. The Balaban J connectivity index is 1.72. The van der Waals surface area contributed by atoms with E-state index in [2.05, 4.69) is 23.5 Å². The summed E-state index contributed by atoms with van der Waals surface area (Å²) >= 11 is 6.68. The van der Waals surface area contributed by atoms with Crippen molar-refractivity contribution in [3.8, 4) is 5.75 Å². The molecular weight excluding hydrogens is 464 g/mol. The molecule has 1 aliphatic heterocycles. The number of amides is 4. The van der Waals surface area contributed by atoms with Gasteiger partial charge in [0, 0.05) is 17.0 Å². The molecule has 0 saturated carbocycles. The Hall–Kier alpha value is -3.90. The maximum absolute atomic E-state index is 13.1. The zero-order valence-corrected chi connectivity index (χ0v) is 20.5. The van der Waals surface area contributed by atoms with Gasteiger partial charge in [-0.15, -0.1) is 0 Å². The van der Waals surface area contributed by atoms with Crippen LogP contribution < -0.4 is 15.0 Å². The molecule has 1 saturated heterocycles. The Morgan fingerprint density at radius 2 is 1.66 bits per heavy atom. The standard InChI is InChI=1S/C28H25ClN2O4/c1-4-35-25-16-20(15-24(29)22(25)13-19-11-17(2)10-18(3)12-19)14-23-26(32)30-28(34)31(27(23)33)21-8-6-5-7-9-21/h5-12,14-16H,4,13H2,1-3H3,(H,30,32,34)/b23-14+. The molecule has 1 heterocycles. The number of urea groups is 1. The number of imide groups is 2. The third kappa shape index (κ3) is 5.28. The fraction of sp³-hybridized carbons (Fsp3) is 0.179. The average Bonchev–Trinajstić information content (AvgIpc) is 2.79. The summed E-state index contributed by atoms with van der Waals surface area (Å²) in [6.07, 6.45) is 2.00. The molecule has 0 atom stereocenters. The SMILES string of the molecule is CCOc1cc(/C=C2\C(=O)NC(=O)N(c3ccccc3)C2=O)cc(Cl)c1Cc1cc(C)cc(C)c1. The molecular formula is C28H25ClN2O4. The van der Waals surface area contributed by atoms with Crippen LogP contribution in [0.25, 0.3) is 6.08 Å². The first kappa shape index (κ1) is 24.2. The van der Waals surface area contributed by atoms with Crippen LogP contribution in [0.15, 0.2) is 66.2 Å². The molecule has 0 aromatic heterocycles. The Morgan fingerprint density at radius 3 is 2.31 bits per heavy atom. The van der Waals surface area contributed by atoms with E-state index in [0.29, 0.717) is 35.1 Å². The van der Waals surface area contributed by atoms with Crippen LogP contribution in [0, 0.1) is 13.8 Å². The van der Waals surface area contributed by atoms with Crippen molar-refractivity contribution in [2.75, 3.05) is 11.5 Å². The molecule has 4 amide bonds. The highest BCUT2D eigenvalue weighted by molar-refractivity contribution is 6.39. The second-order valence-electron chi connectivity index (χ2n) is 8.38. The minimum atomic E-state index is -0.791. The number of para-hydroxylation sites is 1. The molecule has 1 aliphatic rings. The highest BCUT2D eigenvalue weighted by Crippen LogP contribution is 2.33. The van der Waals surface area contributed by atoms with Gasteiger partial charge in [0.1, 0.15) is 11.3 Å². The quantitative estimate of drug-likeness (QED) is 0.361. The van der Waals surface area contributed by atoms with E-state index in [1.54, 1.807) is 42.5 Å². The summed E-state index contributed by atoms with van der Waals surface area (Å²) in [4.78, 5) is 39.0. The number of nitrogens with one attached hydrogen (secondary N) is 1. The number of nitrogens with zero attached hydrogens (tertiary/aromatic N) is 1. The molecule has 4 rings (SSSR count). The molecule has 6 nitrogen and oxygen atoms in total. The highest BCUT2D eigenvalue weighted by Gasteiger charge is 2.36. The first-order valence-electron chi connectivity index (χ1n) is 11.3. The molecule has 1 fully saturated rings. The van der Waals surface area contributed by atoms with Gasteiger partial charge in [-0.05, 0) is 62.2 Å². The number of benzene rings is 3. The lowest BCUT2D eigenvalue weighted by molar-refractivity contribution is -0.122. The number of anilines is 1. The normalized spacial score (nSPS) is 14.9. The monoisotopic (exact) mass is 488 g/mol. The van der Waals surface area contributed by atoms with Gasteiger partial charge in [0.2, 0.25) is 0 Å². The van der Waals surface area contributed by atoms with Crippen LogP contribution in [0.1, 0.15) is 34.7 Å². The molecule has 3 aromatic carbocycles. The lowest BCUT2D eigenvalue weighted by Crippen LogP contribution is -2.54. The minimum Gasteiger partial charge on any atom is -0.494 e. The summed E-state index contributed by atoms with van der Waals surface area (Å²) in [5.74, 6) is -0.899. The molecule has 0 spiro atoms. The van der Waals surface area contributed by atoms with E-state index in [9.17, 15) is 14.4 Å². The Kier molecular flexibility index (Phi) is 7.03. The number of carbonyl (C=O) groups excluding carboxylic acids is 3.